The average molecular weight is 401 g/mol. The highest BCUT2D eigenvalue weighted by molar-refractivity contribution is 8.03. The zero-order valence-corrected chi connectivity index (χ0v) is 17.0. The van der Waals surface area contributed by atoms with Gasteiger partial charge in [-0.3, -0.25) is 4.79 Å². The second kappa shape index (κ2) is 12.4. The molecular weight excluding hydrogens is 372 g/mol. The van der Waals surface area contributed by atoms with Gasteiger partial charge in [0.2, 0.25) is 0 Å². The summed E-state index contributed by atoms with van der Waals surface area (Å²) in [5.74, 6) is 0.884. The van der Waals surface area contributed by atoms with Gasteiger partial charge in [0.05, 0.1) is 17.6 Å². The summed E-state index contributed by atoms with van der Waals surface area (Å²) < 4.78 is 5.70. The van der Waals surface area contributed by atoms with Crippen molar-refractivity contribution in [3.63, 3.8) is 0 Å². The van der Waals surface area contributed by atoms with E-state index in [1.165, 1.54) is 11.8 Å². The largest absolute Gasteiger partial charge is 0.494 e. The lowest BCUT2D eigenvalue weighted by Crippen LogP contribution is -2.03. The first kappa shape index (κ1) is 22.2. The zero-order chi connectivity index (χ0) is 20.2. The Hall–Kier alpha value is -2.08. The molecule has 0 spiro atoms. The van der Waals surface area contributed by atoms with Crippen LogP contribution in [0.5, 0.6) is 5.75 Å². The van der Waals surface area contributed by atoms with Gasteiger partial charge in [0, 0.05) is 12.2 Å². The van der Waals surface area contributed by atoms with Crippen molar-refractivity contribution in [1.82, 2.24) is 0 Å². The Morgan fingerprint density at radius 2 is 2.00 bits per heavy atom. The van der Waals surface area contributed by atoms with Crippen molar-refractivity contribution in [2.45, 2.75) is 31.8 Å². The van der Waals surface area contributed by atoms with Gasteiger partial charge in [0.15, 0.2) is 5.78 Å². The number of benzene rings is 1. The van der Waals surface area contributed by atoms with E-state index in [0.717, 1.165) is 29.1 Å². The van der Waals surface area contributed by atoms with E-state index in [2.05, 4.69) is 6.08 Å². The third-order valence-electron chi connectivity index (χ3n) is 4.26. The molecule has 4 nitrogen and oxygen atoms in total. The minimum absolute atomic E-state index is 0.0220. The lowest BCUT2D eigenvalue weighted by atomic mass is 10.1. The monoisotopic (exact) mass is 400 g/mol. The summed E-state index contributed by atoms with van der Waals surface area (Å²) in [5, 5.41) is 18.6. The maximum Gasteiger partial charge on any atom is 0.199 e. The van der Waals surface area contributed by atoms with Crippen molar-refractivity contribution < 1.29 is 19.7 Å². The smallest absolute Gasteiger partial charge is 0.199 e. The Balaban J connectivity index is 1.93. The number of para-hydroxylation sites is 1. The molecule has 2 rings (SSSR count). The molecule has 1 unspecified atom stereocenters. The molecule has 1 aliphatic carbocycles. The van der Waals surface area contributed by atoms with E-state index in [0.29, 0.717) is 25.0 Å². The van der Waals surface area contributed by atoms with Crippen LogP contribution in [0.3, 0.4) is 0 Å². The molecular formula is C23H28O4S. The molecule has 0 amide bonds. The normalized spacial score (nSPS) is 18.2. The van der Waals surface area contributed by atoms with Crippen LogP contribution in [-0.4, -0.2) is 41.6 Å². The number of rotatable bonds is 11. The highest BCUT2D eigenvalue weighted by Crippen LogP contribution is 2.32. The SMILES string of the molecule is CSC1=CC(=CCCCOc2ccccc2)C(=C/C=C\C(O)CCCO)C1=O. The summed E-state index contributed by atoms with van der Waals surface area (Å²) in [6.45, 7) is 0.684. The van der Waals surface area contributed by atoms with Crippen molar-refractivity contribution >= 4 is 17.5 Å². The van der Waals surface area contributed by atoms with Crippen LogP contribution in [0, 0.1) is 0 Å². The van der Waals surface area contributed by atoms with E-state index in [1.807, 2.05) is 42.7 Å². The van der Waals surface area contributed by atoms with Crippen molar-refractivity contribution in [3.05, 3.63) is 76.8 Å². The van der Waals surface area contributed by atoms with Crippen molar-refractivity contribution in [1.29, 1.82) is 0 Å². The lowest BCUT2D eigenvalue weighted by Gasteiger charge is -2.05. The predicted molar refractivity (Wildman–Crippen MR) is 115 cm³/mol. The van der Waals surface area contributed by atoms with E-state index < -0.39 is 6.10 Å². The molecule has 0 radical (unpaired) electrons. The molecule has 0 aliphatic heterocycles. The van der Waals surface area contributed by atoms with Gasteiger partial charge in [-0.25, -0.2) is 0 Å². The summed E-state index contributed by atoms with van der Waals surface area (Å²) in [5.41, 5.74) is 1.57. The Labute approximate surface area is 171 Å². The van der Waals surface area contributed by atoms with Gasteiger partial charge >= 0.3 is 0 Å². The van der Waals surface area contributed by atoms with E-state index in [9.17, 15) is 9.90 Å². The number of hydrogen-bond donors (Lipinski definition) is 2. The third-order valence-corrected chi connectivity index (χ3v) is 5.01. The summed E-state index contributed by atoms with van der Waals surface area (Å²) >= 11 is 1.44. The number of unbranched alkanes of at least 4 members (excludes halogenated alkanes) is 1. The van der Waals surface area contributed by atoms with Crippen LogP contribution in [-0.2, 0) is 4.79 Å². The van der Waals surface area contributed by atoms with Crippen molar-refractivity contribution in [3.8, 4) is 5.75 Å². The molecule has 0 aromatic heterocycles. The maximum absolute atomic E-state index is 12.5. The van der Waals surface area contributed by atoms with Crippen LogP contribution in [0.15, 0.2) is 76.8 Å². The number of ether oxygens (including phenoxy) is 1. The fraction of sp³-hybridized carbons (Fsp3) is 0.348. The second-order valence-electron chi connectivity index (χ2n) is 6.40. The Bertz CT molecular complexity index is 747. The second-order valence-corrected chi connectivity index (χ2v) is 7.25. The average Bonchev–Trinajstić information content (AvgIpc) is 3.02. The van der Waals surface area contributed by atoms with Crippen molar-refractivity contribution in [2.75, 3.05) is 19.5 Å². The molecule has 1 aromatic rings. The Morgan fingerprint density at radius 3 is 2.71 bits per heavy atom. The number of Topliss-reactive ketones (excluding diaryl/α,β-unsaturated/α-hetero) is 1. The quantitative estimate of drug-likeness (QED) is 0.430. The molecule has 5 heteroatoms. The number of thioether (sulfide) groups is 1. The van der Waals surface area contributed by atoms with Gasteiger partial charge in [0.25, 0.3) is 0 Å². The Morgan fingerprint density at radius 1 is 1.21 bits per heavy atom. The molecule has 150 valence electrons. The first-order valence-electron chi connectivity index (χ1n) is 9.52. The molecule has 0 bridgehead atoms. The summed E-state index contributed by atoms with van der Waals surface area (Å²) in [6.07, 6.45) is 13.1. The van der Waals surface area contributed by atoms with Crippen LogP contribution >= 0.6 is 11.8 Å². The number of carbonyl (C=O) groups excluding carboxylic acids is 1. The van der Waals surface area contributed by atoms with Gasteiger partial charge in [-0.05, 0) is 55.7 Å². The first-order chi connectivity index (χ1) is 13.7. The number of allylic oxidation sites excluding steroid dienone is 7. The molecule has 1 aromatic carbocycles. The van der Waals surface area contributed by atoms with E-state index in [4.69, 9.17) is 9.84 Å². The first-order valence-corrected chi connectivity index (χ1v) is 10.7. The third kappa shape index (κ3) is 7.15. The van der Waals surface area contributed by atoms with Gasteiger partial charge in [-0.2, -0.15) is 0 Å². The van der Waals surface area contributed by atoms with Crippen LogP contribution in [0.4, 0.5) is 0 Å². The van der Waals surface area contributed by atoms with Crippen molar-refractivity contribution in [2.24, 2.45) is 0 Å². The number of hydrogen-bond acceptors (Lipinski definition) is 5. The number of aliphatic hydroxyl groups is 2. The predicted octanol–water partition coefficient (Wildman–Crippen LogP) is 4.22. The summed E-state index contributed by atoms with van der Waals surface area (Å²) in [6, 6.07) is 9.72. The van der Waals surface area contributed by atoms with Crippen LogP contribution in [0.25, 0.3) is 0 Å². The number of ketones is 1. The minimum Gasteiger partial charge on any atom is -0.494 e. The molecule has 2 N–H and O–H groups in total. The van der Waals surface area contributed by atoms with Crippen LogP contribution in [0.2, 0.25) is 0 Å². The molecule has 0 fully saturated rings. The van der Waals surface area contributed by atoms with Gasteiger partial charge in [0.1, 0.15) is 5.75 Å². The fourth-order valence-corrected chi connectivity index (χ4v) is 3.31. The highest BCUT2D eigenvalue weighted by atomic mass is 32.2. The highest BCUT2D eigenvalue weighted by Gasteiger charge is 2.23. The molecule has 1 aliphatic rings. The maximum atomic E-state index is 12.5. The molecule has 0 saturated carbocycles. The zero-order valence-electron chi connectivity index (χ0n) is 16.2. The van der Waals surface area contributed by atoms with E-state index >= 15 is 0 Å². The fourth-order valence-electron chi connectivity index (χ4n) is 2.77. The number of aliphatic hydroxyl groups excluding tert-OH is 2. The van der Waals surface area contributed by atoms with E-state index in [1.54, 1.807) is 18.2 Å². The molecule has 1 atom stereocenters. The molecule has 0 saturated heterocycles. The van der Waals surface area contributed by atoms with Gasteiger partial charge < -0.3 is 14.9 Å². The number of carbonyl (C=O) groups is 1. The van der Waals surface area contributed by atoms with Gasteiger partial charge in [-0.15, -0.1) is 11.8 Å². The molecule has 28 heavy (non-hydrogen) atoms. The lowest BCUT2D eigenvalue weighted by molar-refractivity contribution is -0.111. The Kier molecular flexibility index (Phi) is 9.83. The summed E-state index contributed by atoms with van der Waals surface area (Å²) in [4.78, 5) is 13.2. The molecule has 0 heterocycles. The minimum atomic E-state index is -0.615. The van der Waals surface area contributed by atoms with Crippen LogP contribution in [0.1, 0.15) is 25.7 Å². The van der Waals surface area contributed by atoms with Gasteiger partial charge in [-0.1, -0.05) is 42.5 Å². The van der Waals surface area contributed by atoms with Crippen LogP contribution < -0.4 is 4.74 Å². The standard InChI is InChI=1S/C23H28O4S/c1-28-22-17-18(9-5-6-16-27-20-12-3-2-4-13-20)21(23(22)26)14-7-10-19(25)11-8-15-24/h2-4,7,9-10,12-14,17,19,24-25H,5-6,8,11,15-16H2,1H3/b10-7-,18-9?,21-14?. The summed E-state index contributed by atoms with van der Waals surface area (Å²) in [7, 11) is 0. The topological polar surface area (TPSA) is 66.8 Å². The van der Waals surface area contributed by atoms with E-state index in [-0.39, 0.29) is 12.4 Å².